The lowest BCUT2D eigenvalue weighted by atomic mass is 9.95. The van der Waals surface area contributed by atoms with Gasteiger partial charge in [-0.1, -0.05) is 35.9 Å². The van der Waals surface area contributed by atoms with Crippen LogP contribution in [0.15, 0.2) is 64.7 Å². The number of sulfone groups is 1. The van der Waals surface area contributed by atoms with Crippen LogP contribution in [0.5, 0.6) is 5.75 Å². The van der Waals surface area contributed by atoms with Gasteiger partial charge in [0.05, 0.1) is 34.4 Å². The number of carbonyl (C=O) groups is 2. The topological polar surface area (TPSA) is 122 Å². The standard InChI is InChI=1S/C19H17ClN2O6S/c1-28-18(24)16-14(10-29(26,27)15-5-3-2-4-13(15)20)21-19(25)22-17(16)11-6-8-12(23)9-7-11/h2-9,17,23H,10H2,1H3,(H2,21,22,25). The Bertz CT molecular complexity index is 1100. The number of halogens is 1. The summed E-state index contributed by atoms with van der Waals surface area (Å²) in [5, 5.41) is 14.5. The van der Waals surface area contributed by atoms with E-state index < -0.39 is 33.6 Å². The molecule has 29 heavy (non-hydrogen) atoms. The van der Waals surface area contributed by atoms with E-state index in [0.29, 0.717) is 5.56 Å². The number of ether oxygens (including phenoxy) is 1. The van der Waals surface area contributed by atoms with Gasteiger partial charge >= 0.3 is 12.0 Å². The van der Waals surface area contributed by atoms with Crippen molar-refractivity contribution in [2.45, 2.75) is 10.9 Å². The van der Waals surface area contributed by atoms with Gasteiger partial charge < -0.3 is 20.5 Å². The van der Waals surface area contributed by atoms with E-state index in [1.54, 1.807) is 6.07 Å². The molecule has 3 N–H and O–H groups in total. The second kappa shape index (κ2) is 8.14. The average Bonchev–Trinajstić information content (AvgIpc) is 2.67. The second-order valence-electron chi connectivity index (χ2n) is 6.20. The predicted octanol–water partition coefficient (Wildman–Crippen LogP) is 2.30. The predicted molar refractivity (Wildman–Crippen MR) is 105 cm³/mol. The molecular formula is C19H17ClN2O6S. The first kappa shape index (κ1) is 20.7. The van der Waals surface area contributed by atoms with Crippen LogP contribution in [0.1, 0.15) is 11.6 Å². The van der Waals surface area contributed by atoms with Crippen molar-refractivity contribution in [2.75, 3.05) is 12.9 Å². The first-order valence-corrected chi connectivity index (χ1v) is 10.4. The normalized spacial score (nSPS) is 16.8. The summed E-state index contributed by atoms with van der Waals surface area (Å²) in [7, 11) is -2.83. The van der Waals surface area contributed by atoms with Gasteiger partial charge in [0.2, 0.25) is 0 Å². The van der Waals surface area contributed by atoms with Gasteiger partial charge in [-0.25, -0.2) is 18.0 Å². The highest BCUT2D eigenvalue weighted by Gasteiger charge is 2.35. The van der Waals surface area contributed by atoms with E-state index in [1.807, 2.05) is 0 Å². The van der Waals surface area contributed by atoms with E-state index in [9.17, 15) is 23.1 Å². The summed E-state index contributed by atoms with van der Waals surface area (Å²) in [5.41, 5.74) is 0.290. The van der Waals surface area contributed by atoms with Crippen LogP contribution >= 0.6 is 11.6 Å². The summed E-state index contributed by atoms with van der Waals surface area (Å²) in [5.74, 6) is -1.47. The Kier molecular flexibility index (Phi) is 5.81. The van der Waals surface area contributed by atoms with Crippen molar-refractivity contribution in [2.24, 2.45) is 0 Å². The molecule has 0 saturated heterocycles. The number of aromatic hydroxyl groups is 1. The fourth-order valence-corrected chi connectivity index (χ4v) is 4.87. The van der Waals surface area contributed by atoms with Crippen molar-refractivity contribution < 1.29 is 27.9 Å². The molecule has 8 nitrogen and oxygen atoms in total. The fourth-order valence-electron chi connectivity index (χ4n) is 2.96. The minimum Gasteiger partial charge on any atom is -0.508 e. The maximum Gasteiger partial charge on any atom is 0.338 e. The van der Waals surface area contributed by atoms with Gasteiger partial charge in [-0.05, 0) is 29.8 Å². The minimum atomic E-state index is -3.98. The molecule has 0 fully saturated rings. The molecule has 1 aliphatic heterocycles. The zero-order chi connectivity index (χ0) is 21.2. The molecule has 0 spiro atoms. The maximum atomic E-state index is 12.9. The van der Waals surface area contributed by atoms with Crippen LogP contribution in [-0.2, 0) is 19.4 Å². The van der Waals surface area contributed by atoms with Crippen molar-refractivity contribution >= 4 is 33.4 Å². The monoisotopic (exact) mass is 436 g/mol. The summed E-state index contributed by atoms with van der Waals surface area (Å²) < 4.78 is 30.6. The largest absolute Gasteiger partial charge is 0.508 e. The molecule has 0 radical (unpaired) electrons. The number of hydrogen-bond acceptors (Lipinski definition) is 6. The first-order chi connectivity index (χ1) is 13.7. The number of nitrogens with one attached hydrogen (secondary N) is 2. The van der Waals surface area contributed by atoms with E-state index in [-0.39, 0.29) is 26.9 Å². The van der Waals surface area contributed by atoms with E-state index in [2.05, 4.69) is 10.6 Å². The number of methoxy groups -OCH3 is 1. The lowest BCUT2D eigenvalue weighted by Crippen LogP contribution is -2.47. The Morgan fingerprint density at radius 1 is 1.17 bits per heavy atom. The Balaban J connectivity index is 2.11. The Labute approximate surface area is 172 Å². The number of rotatable bonds is 5. The third kappa shape index (κ3) is 4.36. The van der Waals surface area contributed by atoms with Gasteiger partial charge in [0.1, 0.15) is 5.75 Å². The molecule has 2 aromatic rings. The van der Waals surface area contributed by atoms with E-state index in [1.165, 1.54) is 42.5 Å². The van der Waals surface area contributed by atoms with Crippen LogP contribution < -0.4 is 10.6 Å². The van der Waals surface area contributed by atoms with Gasteiger partial charge in [-0.3, -0.25) is 0 Å². The van der Waals surface area contributed by atoms with Crippen LogP contribution in [0.3, 0.4) is 0 Å². The molecule has 152 valence electrons. The van der Waals surface area contributed by atoms with E-state index >= 15 is 0 Å². The molecule has 0 bridgehead atoms. The Morgan fingerprint density at radius 2 is 1.83 bits per heavy atom. The van der Waals surface area contributed by atoms with Crippen molar-refractivity contribution in [3.63, 3.8) is 0 Å². The number of phenols is 1. The lowest BCUT2D eigenvalue weighted by molar-refractivity contribution is -0.136. The Morgan fingerprint density at radius 3 is 2.45 bits per heavy atom. The summed E-state index contributed by atoms with van der Waals surface area (Å²) in [6.45, 7) is 0. The molecule has 1 atom stereocenters. The van der Waals surface area contributed by atoms with Crippen molar-refractivity contribution in [1.29, 1.82) is 0 Å². The van der Waals surface area contributed by atoms with Gasteiger partial charge in [0.25, 0.3) is 0 Å². The number of urea groups is 1. The minimum absolute atomic E-state index is 0.000806. The third-order valence-electron chi connectivity index (χ3n) is 4.29. The number of carbonyl (C=O) groups excluding carboxylic acids is 2. The highest BCUT2D eigenvalue weighted by molar-refractivity contribution is 7.91. The SMILES string of the molecule is COC(=O)C1=C(CS(=O)(=O)c2ccccc2Cl)NC(=O)NC1c1ccc(O)cc1. The first-order valence-electron chi connectivity index (χ1n) is 8.38. The van der Waals surface area contributed by atoms with E-state index in [0.717, 1.165) is 7.11 Å². The molecule has 2 amide bonds. The highest BCUT2D eigenvalue weighted by Crippen LogP contribution is 2.31. The molecule has 10 heteroatoms. The number of benzene rings is 2. The Hall–Kier alpha value is -3.04. The zero-order valence-electron chi connectivity index (χ0n) is 15.2. The number of amides is 2. The average molecular weight is 437 g/mol. The van der Waals surface area contributed by atoms with Gasteiger partial charge in [-0.2, -0.15) is 0 Å². The highest BCUT2D eigenvalue weighted by atomic mass is 35.5. The molecule has 1 heterocycles. The van der Waals surface area contributed by atoms with Gasteiger partial charge in [0.15, 0.2) is 9.84 Å². The van der Waals surface area contributed by atoms with Crippen molar-refractivity contribution in [1.82, 2.24) is 10.6 Å². The van der Waals surface area contributed by atoms with Crippen molar-refractivity contribution in [3.8, 4) is 5.75 Å². The summed E-state index contributed by atoms with van der Waals surface area (Å²) in [6.07, 6.45) is 0. The zero-order valence-corrected chi connectivity index (χ0v) is 16.8. The summed E-state index contributed by atoms with van der Waals surface area (Å²) in [6, 6.07) is 10.0. The summed E-state index contributed by atoms with van der Waals surface area (Å²) in [4.78, 5) is 24.6. The quantitative estimate of drug-likeness (QED) is 0.618. The molecular weight excluding hydrogens is 420 g/mol. The van der Waals surface area contributed by atoms with Crippen LogP contribution in [0.2, 0.25) is 5.02 Å². The molecule has 1 unspecified atom stereocenters. The number of hydrogen-bond donors (Lipinski definition) is 3. The molecule has 0 aromatic heterocycles. The van der Waals surface area contributed by atoms with Crippen molar-refractivity contribution in [3.05, 3.63) is 70.4 Å². The van der Waals surface area contributed by atoms with Gasteiger partial charge in [0, 0.05) is 5.70 Å². The summed E-state index contributed by atoms with van der Waals surface area (Å²) >= 11 is 6.01. The van der Waals surface area contributed by atoms with Gasteiger partial charge in [-0.15, -0.1) is 0 Å². The molecule has 1 aliphatic rings. The second-order valence-corrected chi connectivity index (χ2v) is 8.56. The molecule has 0 aliphatic carbocycles. The smallest absolute Gasteiger partial charge is 0.338 e. The fraction of sp³-hybridized carbons (Fsp3) is 0.158. The van der Waals surface area contributed by atoms with Crippen LogP contribution in [-0.4, -0.2) is 38.4 Å². The van der Waals surface area contributed by atoms with E-state index in [4.69, 9.17) is 16.3 Å². The molecule has 3 rings (SSSR count). The number of esters is 1. The maximum absolute atomic E-state index is 12.9. The van der Waals surface area contributed by atoms with Crippen LogP contribution in [0.4, 0.5) is 4.79 Å². The molecule has 0 saturated carbocycles. The lowest BCUT2D eigenvalue weighted by Gasteiger charge is -2.29. The van der Waals surface area contributed by atoms with Crippen LogP contribution in [0, 0.1) is 0 Å². The number of phenolic OH excluding ortho intramolecular Hbond substituents is 1. The van der Waals surface area contributed by atoms with Crippen LogP contribution in [0.25, 0.3) is 0 Å². The third-order valence-corrected chi connectivity index (χ3v) is 6.43. The molecule has 2 aromatic carbocycles.